The van der Waals surface area contributed by atoms with Crippen LogP contribution in [0.1, 0.15) is 18.0 Å². The third-order valence-corrected chi connectivity index (χ3v) is 4.54. The first-order chi connectivity index (χ1) is 9.74. The summed E-state index contributed by atoms with van der Waals surface area (Å²) < 4.78 is 5.73. The molecule has 0 spiro atoms. The quantitative estimate of drug-likeness (QED) is 0.901. The minimum absolute atomic E-state index is 0.431. The van der Waals surface area contributed by atoms with Crippen LogP contribution in [0.4, 0.5) is 0 Å². The van der Waals surface area contributed by atoms with Crippen LogP contribution in [0.15, 0.2) is 24.3 Å². The number of piperazine rings is 1. The number of ether oxygens (including phenoxy) is 1. The molecule has 1 fully saturated rings. The van der Waals surface area contributed by atoms with Crippen LogP contribution >= 0.6 is 0 Å². The SMILES string of the molecule is CN1CCN(C)C(CNC2CCOc3ccccc32)C1. The van der Waals surface area contributed by atoms with Gasteiger partial charge in [-0.3, -0.25) is 4.90 Å². The number of hydrogen-bond acceptors (Lipinski definition) is 4. The Labute approximate surface area is 121 Å². The van der Waals surface area contributed by atoms with E-state index in [4.69, 9.17) is 4.74 Å². The Morgan fingerprint density at radius 1 is 1.25 bits per heavy atom. The van der Waals surface area contributed by atoms with Gasteiger partial charge >= 0.3 is 0 Å². The van der Waals surface area contributed by atoms with Crippen molar-refractivity contribution >= 4 is 0 Å². The molecular formula is C16H25N3O. The molecule has 0 radical (unpaired) electrons. The summed E-state index contributed by atoms with van der Waals surface area (Å²) in [6, 6.07) is 9.43. The van der Waals surface area contributed by atoms with E-state index in [1.54, 1.807) is 0 Å². The number of fused-ring (bicyclic) bond motifs is 1. The molecule has 3 rings (SSSR count). The second kappa shape index (κ2) is 6.12. The van der Waals surface area contributed by atoms with E-state index in [1.807, 2.05) is 6.07 Å². The van der Waals surface area contributed by atoms with Gasteiger partial charge in [-0.25, -0.2) is 0 Å². The maximum Gasteiger partial charge on any atom is 0.124 e. The van der Waals surface area contributed by atoms with E-state index in [0.717, 1.165) is 38.4 Å². The molecule has 2 heterocycles. The third kappa shape index (κ3) is 2.97. The maximum absolute atomic E-state index is 5.73. The number of rotatable bonds is 3. The van der Waals surface area contributed by atoms with Crippen LogP contribution < -0.4 is 10.1 Å². The van der Waals surface area contributed by atoms with Crippen molar-refractivity contribution in [2.45, 2.75) is 18.5 Å². The zero-order valence-corrected chi connectivity index (χ0v) is 12.5. The summed E-state index contributed by atoms with van der Waals surface area (Å²) in [5.41, 5.74) is 1.31. The minimum atomic E-state index is 0.431. The predicted molar refractivity (Wildman–Crippen MR) is 81.2 cm³/mol. The number of nitrogens with zero attached hydrogens (tertiary/aromatic N) is 2. The Bertz CT molecular complexity index is 451. The summed E-state index contributed by atoms with van der Waals surface area (Å²) in [4.78, 5) is 4.89. The first-order valence-corrected chi connectivity index (χ1v) is 7.58. The first kappa shape index (κ1) is 13.9. The highest BCUT2D eigenvalue weighted by atomic mass is 16.5. The van der Waals surface area contributed by atoms with Crippen LogP contribution in [0, 0.1) is 0 Å². The van der Waals surface area contributed by atoms with Gasteiger partial charge in [0.1, 0.15) is 5.75 Å². The van der Waals surface area contributed by atoms with E-state index in [-0.39, 0.29) is 0 Å². The second-order valence-corrected chi connectivity index (χ2v) is 6.03. The van der Waals surface area contributed by atoms with Gasteiger partial charge in [0.25, 0.3) is 0 Å². The van der Waals surface area contributed by atoms with Crippen LogP contribution in [-0.4, -0.2) is 62.7 Å². The second-order valence-electron chi connectivity index (χ2n) is 6.03. The molecule has 4 heteroatoms. The predicted octanol–water partition coefficient (Wildman–Crippen LogP) is 1.35. The smallest absolute Gasteiger partial charge is 0.124 e. The summed E-state index contributed by atoms with van der Waals surface area (Å²) in [6.07, 6.45) is 1.06. The number of hydrogen-bond donors (Lipinski definition) is 1. The Hall–Kier alpha value is -1.10. The number of likely N-dealkylation sites (N-methyl/N-ethyl adjacent to an activating group) is 2. The lowest BCUT2D eigenvalue weighted by Crippen LogP contribution is -2.54. The molecular weight excluding hydrogens is 250 g/mol. The molecule has 2 unspecified atom stereocenters. The summed E-state index contributed by atoms with van der Waals surface area (Å²) in [5.74, 6) is 1.05. The largest absolute Gasteiger partial charge is 0.493 e. The Morgan fingerprint density at radius 3 is 3.00 bits per heavy atom. The van der Waals surface area contributed by atoms with Gasteiger partial charge in [-0.15, -0.1) is 0 Å². The van der Waals surface area contributed by atoms with Gasteiger partial charge in [0.05, 0.1) is 6.61 Å². The average molecular weight is 275 g/mol. The number of nitrogens with one attached hydrogen (secondary N) is 1. The highest BCUT2D eigenvalue weighted by Gasteiger charge is 2.25. The van der Waals surface area contributed by atoms with Crippen molar-refractivity contribution < 1.29 is 4.74 Å². The fourth-order valence-corrected chi connectivity index (χ4v) is 3.15. The fraction of sp³-hybridized carbons (Fsp3) is 0.625. The zero-order chi connectivity index (χ0) is 13.9. The van der Waals surface area contributed by atoms with Crippen LogP contribution in [0.2, 0.25) is 0 Å². The molecule has 0 bridgehead atoms. The van der Waals surface area contributed by atoms with Gasteiger partial charge < -0.3 is 15.0 Å². The van der Waals surface area contributed by atoms with Crippen molar-refractivity contribution in [3.63, 3.8) is 0 Å². The molecule has 2 aliphatic heterocycles. The average Bonchev–Trinajstić information content (AvgIpc) is 2.48. The number of benzene rings is 1. The third-order valence-electron chi connectivity index (χ3n) is 4.54. The molecule has 1 N–H and O–H groups in total. The van der Waals surface area contributed by atoms with Gasteiger partial charge in [0, 0.05) is 50.2 Å². The van der Waals surface area contributed by atoms with E-state index < -0.39 is 0 Å². The van der Waals surface area contributed by atoms with Gasteiger partial charge in [0.2, 0.25) is 0 Å². The first-order valence-electron chi connectivity index (χ1n) is 7.58. The lowest BCUT2D eigenvalue weighted by atomic mass is 10.00. The lowest BCUT2D eigenvalue weighted by molar-refractivity contribution is 0.109. The van der Waals surface area contributed by atoms with Crippen molar-refractivity contribution in [1.29, 1.82) is 0 Å². The van der Waals surface area contributed by atoms with E-state index >= 15 is 0 Å². The highest BCUT2D eigenvalue weighted by molar-refractivity contribution is 5.37. The number of para-hydroxylation sites is 1. The molecule has 1 aromatic rings. The molecule has 0 saturated carbocycles. The monoisotopic (exact) mass is 275 g/mol. The molecule has 110 valence electrons. The van der Waals surface area contributed by atoms with Gasteiger partial charge in [0.15, 0.2) is 0 Å². The fourth-order valence-electron chi connectivity index (χ4n) is 3.15. The van der Waals surface area contributed by atoms with Gasteiger partial charge in [-0.1, -0.05) is 18.2 Å². The van der Waals surface area contributed by atoms with Crippen LogP contribution in [-0.2, 0) is 0 Å². The van der Waals surface area contributed by atoms with Crippen LogP contribution in [0.25, 0.3) is 0 Å². The molecule has 0 amide bonds. The van der Waals surface area contributed by atoms with Crippen LogP contribution in [0.3, 0.4) is 0 Å². The molecule has 20 heavy (non-hydrogen) atoms. The normalized spacial score (nSPS) is 27.9. The standard InChI is InChI=1S/C16H25N3O/c1-18-8-9-19(2)13(12-18)11-17-15-7-10-20-16-6-4-3-5-14(15)16/h3-6,13,15,17H,7-12H2,1-2H3. The van der Waals surface area contributed by atoms with E-state index in [2.05, 4.69) is 47.4 Å². The molecule has 2 atom stereocenters. The lowest BCUT2D eigenvalue weighted by Gasteiger charge is -2.39. The summed E-state index contributed by atoms with van der Waals surface area (Å²) in [6.45, 7) is 5.34. The molecule has 1 aromatic carbocycles. The summed E-state index contributed by atoms with van der Waals surface area (Å²) in [5, 5.41) is 3.75. The maximum atomic E-state index is 5.73. The van der Waals surface area contributed by atoms with Crippen molar-refractivity contribution in [2.24, 2.45) is 0 Å². The molecule has 0 aliphatic carbocycles. The molecule has 4 nitrogen and oxygen atoms in total. The highest BCUT2D eigenvalue weighted by Crippen LogP contribution is 2.31. The van der Waals surface area contributed by atoms with Crippen LogP contribution in [0.5, 0.6) is 5.75 Å². The minimum Gasteiger partial charge on any atom is -0.493 e. The van der Waals surface area contributed by atoms with Crippen molar-refractivity contribution in [3.8, 4) is 5.75 Å². The topological polar surface area (TPSA) is 27.7 Å². The molecule has 2 aliphatic rings. The molecule has 0 aromatic heterocycles. The Kier molecular flexibility index (Phi) is 4.24. The van der Waals surface area contributed by atoms with E-state index in [9.17, 15) is 0 Å². The molecule has 1 saturated heterocycles. The van der Waals surface area contributed by atoms with Crippen molar-refractivity contribution in [1.82, 2.24) is 15.1 Å². The summed E-state index contributed by atoms with van der Waals surface area (Å²) >= 11 is 0. The van der Waals surface area contributed by atoms with E-state index in [0.29, 0.717) is 12.1 Å². The summed E-state index contributed by atoms with van der Waals surface area (Å²) in [7, 11) is 4.45. The van der Waals surface area contributed by atoms with Crippen molar-refractivity contribution in [2.75, 3.05) is 46.9 Å². The van der Waals surface area contributed by atoms with Crippen molar-refractivity contribution in [3.05, 3.63) is 29.8 Å². The zero-order valence-electron chi connectivity index (χ0n) is 12.5. The van der Waals surface area contributed by atoms with E-state index in [1.165, 1.54) is 12.1 Å². The van der Waals surface area contributed by atoms with Gasteiger partial charge in [-0.2, -0.15) is 0 Å². The Balaban J connectivity index is 1.61. The Morgan fingerprint density at radius 2 is 2.10 bits per heavy atom. The van der Waals surface area contributed by atoms with Gasteiger partial charge in [-0.05, 0) is 20.2 Å².